The number of piperidine rings is 1. The Labute approximate surface area is 323 Å². The van der Waals surface area contributed by atoms with Crippen LogP contribution >= 0.6 is 0 Å². The minimum absolute atomic E-state index is 0.130. The fraction of sp³-hybridized carbons (Fsp3) is 0.909. The summed E-state index contributed by atoms with van der Waals surface area (Å²) >= 11 is 0. The Kier molecular flexibility index (Phi) is 16.2. The number of aliphatic hydroxyl groups is 8. The van der Waals surface area contributed by atoms with Gasteiger partial charge in [0.2, 0.25) is 6.29 Å². The van der Waals surface area contributed by atoms with Gasteiger partial charge in [-0.25, -0.2) is 0 Å². The number of rotatable bonds is 16. The van der Waals surface area contributed by atoms with Crippen LogP contribution in [0, 0.1) is 0 Å². The molecule has 3 saturated heterocycles. The summed E-state index contributed by atoms with van der Waals surface area (Å²) in [5, 5.41) is 94.0. The number of aliphatic hydroxyl groups excluding tert-OH is 7. The lowest BCUT2D eigenvalue weighted by Crippen LogP contribution is -2.67. The number of hydrogen-bond acceptors (Lipinski definition) is 22. The van der Waals surface area contributed by atoms with Crippen LogP contribution in [-0.4, -0.2) is 208 Å². The van der Waals surface area contributed by atoms with Gasteiger partial charge in [0, 0.05) is 25.7 Å². The van der Waals surface area contributed by atoms with Crippen molar-refractivity contribution in [2.75, 3.05) is 45.9 Å². The van der Waals surface area contributed by atoms with E-state index in [0.717, 1.165) is 0 Å². The van der Waals surface area contributed by atoms with Crippen molar-refractivity contribution in [2.24, 2.45) is 28.7 Å². The van der Waals surface area contributed by atoms with Crippen molar-refractivity contribution < 1.29 is 74.1 Å². The fourth-order valence-corrected chi connectivity index (χ4v) is 7.55. The molecule has 1 amide bonds. The Bertz CT molecular complexity index is 1290. The molecule has 21 N–H and O–H groups in total. The van der Waals surface area contributed by atoms with E-state index in [2.05, 4.69) is 16.0 Å². The molecule has 0 aromatic heterocycles. The highest BCUT2D eigenvalue weighted by molar-refractivity contribution is 5.81. The zero-order chi connectivity index (χ0) is 40.9. The maximum Gasteiger partial charge on any atom is 0.251 e. The molecule has 5 rings (SSSR count). The van der Waals surface area contributed by atoms with E-state index in [1.54, 1.807) is 6.08 Å². The summed E-state index contributed by atoms with van der Waals surface area (Å²) in [5.74, 6) is -0.573. The Hall–Kier alpha value is -1.79. The van der Waals surface area contributed by atoms with E-state index in [1.807, 2.05) is 0 Å². The molecule has 0 radical (unpaired) electrons. The molecule has 0 aromatic rings. The Morgan fingerprint density at radius 3 is 2.21 bits per heavy atom. The zero-order valence-corrected chi connectivity index (χ0v) is 31.1. The van der Waals surface area contributed by atoms with E-state index < -0.39 is 135 Å². The lowest BCUT2D eigenvalue weighted by Gasteiger charge is -2.46. The second-order valence-corrected chi connectivity index (χ2v) is 15.2. The molecule has 23 nitrogen and oxygen atoms in total. The molecule has 4 heterocycles. The Morgan fingerprint density at radius 2 is 1.55 bits per heavy atom. The van der Waals surface area contributed by atoms with Crippen molar-refractivity contribution >= 4 is 5.91 Å². The van der Waals surface area contributed by atoms with Crippen molar-refractivity contribution in [2.45, 2.75) is 141 Å². The zero-order valence-electron chi connectivity index (χ0n) is 31.1. The lowest BCUT2D eigenvalue weighted by molar-refractivity contribution is -0.282. The van der Waals surface area contributed by atoms with Gasteiger partial charge in [0.15, 0.2) is 18.7 Å². The van der Waals surface area contributed by atoms with E-state index in [1.165, 1.54) is 0 Å². The monoisotopic (exact) mass is 810 g/mol. The third-order valence-corrected chi connectivity index (χ3v) is 11.1. The van der Waals surface area contributed by atoms with Crippen molar-refractivity contribution in [1.82, 2.24) is 16.0 Å². The predicted molar refractivity (Wildman–Crippen MR) is 191 cm³/mol. The predicted octanol–water partition coefficient (Wildman–Crippen LogP) is -9.13. The van der Waals surface area contributed by atoms with Gasteiger partial charge in [-0.2, -0.15) is 0 Å². The number of nitrogens with one attached hydrogen (secondary N) is 3. The third-order valence-electron chi connectivity index (χ3n) is 11.1. The SMILES string of the molecule is NC[C@@H]1O[C@H](O[C@H]2[C@@H](O)[C@H](O[C@@H]3[C@@H](O)[C@H](NC(=O)[C@@H](O)[C@@H](O)CN)C[C@H](N)[C@H]3O[C@H]3OC(CNCC4(O)CCNCC4)=CC[C@H]3N)O[C@@H]2CO)[C@H](N)[C@@H](O)[C@@H]1O. The second-order valence-electron chi connectivity index (χ2n) is 15.2. The van der Waals surface area contributed by atoms with Crippen LogP contribution < -0.4 is 44.6 Å². The first-order valence-electron chi connectivity index (χ1n) is 19.0. The first kappa shape index (κ1) is 45.3. The highest BCUT2D eigenvalue weighted by Crippen LogP contribution is 2.34. The fourth-order valence-electron chi connectivity index (χ4n) is 7.55. The minimum atomic E-state index is -1.94. The summed E-state index contributed by atoms with van der Waals surface area (Å²) in [6.45, 7) is 0.636. The first-order chi connectivity index (χ1) is 26.6. The van der Waals surface area contributed by atoms with E-state index in [-0.39, 0.29) is 19.5 Å². The molecule has 4 fully saturated rings. The van der Waals surface area contributed by atoms with Gasteiger partial charge >= 0.3 is 0 Å². The van der Waals surface area contributed by atoms with Crippen LogP contribution in [0.25, 0.3) is 0 Å². The van der Waals surface area contributed by atoms with Gasteiger partial charge in [0.1, 0.15) is 66.8 Å². The topological polar surface area (TPSA) is 400 Å². The summed E-state index contributed by atoms with van der Waals surface area (Å²) < 4.78 is 36.0. The van der Waals surface area contributed by atoms with E-state index in [4.69, 9.17) is 57.1 Å². The Morgan fingerprint density at radius 1 is 0.893 bits per heavy atom. The largest absolute Gasteiger partial charge is 0.467 e. The first-order valence-corrected chi connectivity index (χ1v) is 19.0. The van der Waals surface area contributed by atoms with Gasteiger partial charge in [-0.1, -0.05) is 0 Å². The van der Waals surface area contributed by atoms with Gasteiger partial charge in [-0.05, 0) is 44.8 Å². The summed E-state index contributed by atoms with van der Waals surface area (Å²) in [7, 11) is 0. The number of amides is 1. The second kappa shape index (κ2) is 20.0. The van der Waals surface area contributed by atoms with Gasteiger partial charge in [-0.15, -0.1) is 0 Å². The van der Waals surface area contributed by atoms with Crippen molar-refractivity contribution in [3.63, 3.8) is 0 Å². The smallest absolute Gasteiger partial charge is 0.251 e. The van der Waals surface area contributed by atoms with Crippen LogP contribution in [-0.2, 0) is 33.2 Å². The van der Waals surface area contributed by atoms with E-state index >= 15 is 0 Å². The normalized spacial score (nSPS) is 42.7. The van der Waals surface area contributed by atoms with Crippen LogP contribution in [0.5, 0.6) is 0 Å². The number of carbonyl (C=O) groups is 1. The van der Waals surface area contributed by atoms with Crippen molar-refractivity contribution in [1.29, 1.82) is 0 Å². The van der Waals surface area contributed by atoms with E-state index in [9.17, 15) is 45.6 Å². The molecule has 0 unspecified atom stereocenters. The number of ether oxygens (including phenoxy) is 6. The van der Waals surface area contributed by atoms with Crippen molar-refractivity contribution in [3.05, 3.63) is 11.8 Å². The molecule has 324 valence electrons. The molecule has 1 saturated carbocycles. The quantitative estimate of drug-likeness (QED) is 0.0688. The van der Waals surface area contributed by atoms with Crippen LogP contribution in [0.1, 0.15) is 25.7 Å². The van der Waals surface area contributed by atoms with Crippen LogP contribution in [0.2, 0.25) is 0 Å². The molecule has 18 atom stereocenters. The van der Waals surface area contributed by atoms with Gasteiger partial charge in [0.05, 0.1) is 36.9 Å². The van der Waals surface area contributed by atoms with E-state index in [0.29, 0.717) is 44.7 Å². The molecular formula is C33H62N8O15. The molecule has 0 aromatic carbocycles. The average Bonchev–Trinajstić information content (AvgIpc) is 3.48. The summed E-state index contributed by atoms with van der Waals surface area (Å²) in [6, 6.07) is -4.22. The standard InChI is InChI=1S/C33H62N8O15/c34-8-17(43)22(45)29(49)41-16-7-15(37)26(54-30-14(36)2-1-13(51-30)10-40-12-33(50)3-5-39-6-4-33)28(21(16)44)56-32-25(48)27(19(11-42)53-32)55-31-20(38)24(47)23(46)18(9-35)52-31/h1,14-28,30-32,39-40,42-48,50H,2-12,34-38H2,(H,41,49)/t14-,15+,16-,17+,18+,19-,20-,21+,22+,23-,24-,25-,26-,27-,28-,30-,31-,32+/m1/s1. The number of nitrogens with two attached hydrogens (primary N) is 5. The maximum absolute atomic E-state index is 12.8. The third kappa shape index (κ3) is 10.5. The van der Waals surface area contributed by atoms with Crippen LogP contribution in [0.4, 0.5) is 0 Å². The van der Waals surface area contributed by atoms with Crippen molar-refractivity contribution in [3.8, 4) is 0 Å². The molecule has 0 spiro atoms. The van der Waals surface area contributed by atoms with Crippen LogP contribution in [0.3, 0.4) is 0 Å². The molecule has 5 aliphatic rings. The average molecular weight is 811 g/mol. The molecule has 56 heavy (non-hydrogen) atoms. The Balaban J connectivity index is 1.32. The number of hydrogen-bond donors (Lipinski definition) is 16. The minimum Gasteiger partial charge on any atom is -0.467 e. The summed E-state index contributed by atoms with van der Waals surface area (Å²) in [4.78, 5) is 12.8. The summed E-state index contributed by atoms with van der Waals surface area (Å²) in [5.41, 5.74) is 29.3. The molecule has 1 aliphatic carbocycles. The van der Waals surface area contributed by atoms with Gasteiger partial charge in [0.25, 0.3) is 5.91 Å². The highest BCUT2D eigenvalue weighted by Gasteiger charge is 2.54. The summed E-state index contributed by atoms with van der Waals surface area (Å²) in [6.07, 6.45) is -17.3. The lowest BCUT2D eigenvalue weighted by atomic mass is 9.83. The van der Waals surface area contributed by atoms with Gasteiger partial charge < -0.3 is 114 Å². The van der Waals surface area contributed by atoms with Crippen LogP contribution in [0.15, 0.2) is 11.8 Å². The highest BCUT2D eigenvalue weighted by atomic mass is 16.8. The molecule has 4 aliphatic heterocycles. The molecular weight excluding hydrogens is 748 g/mol. The van der Waals surface area contributed by atoms with Gasteiger partial charge in [-0.3, -0.25) is 4.79 Å². The molecule has 0 bridgehead atoms. The maximum atomic E-state index is 12.8. The molecule has 23 heteroatoms. The number of carbonyl (C=O) groups excluding carboxylic acids is 1.